The van der Waals surface area contributed by atoms with Crippen molar-refractivity contribution in [1.82, 2.24) is 0 Å². The lowest BCUT2D eigenvalue weighted by molar-refractivity contribution is -0.117. The molecule has 1 aromatic carbocycles. The molecule has 2 fully saturated rings. The van der Waals surface area contributed by atoms with Crippen LogP contribution in [0.25, 0.3) is 0 Å². The Morgan fingerprint density at radius 3 is 2.90 bits per heavy atom. The monoisotopic (exact) mass is 337 g/mol. The largest absolute Gasteiger partial charge is 0.497 e. The number of carbonyl (C=O) groups excluding carboxylic acids is 1. The van der Waals surface area contributed by atoms with E-state index < -0.39 is 0 Å². The van der Waals surface area contributed by atoms with Crippen molar-refractivity contribution < 1.29 is 9.53 Å². The van der Waals surface area contributed by atoms with Crippen molar-refractivity contribution in [3.8, 4) is 5.75 Å². The molecule has 4 heteroatoms. The van der Waals surface area contributed by atoms with E-state index >= 15 is 0 Å². The Kier molecular flexibility index (Phi) is 4.01. The highest BCUT2D eigenvalue weighted by Crippen LogP contribution is 2.49. The molecule has 2 bridgehead atoms. The summed E-state index contributed by atoms with van der Waals surface area (Å²) < 4.78 is 6.08. The van der Waals surface area contributed by atoms with Gasteiger partial charge >= 0.3 is 0 Å². The molecule has 2 aliphatic carbocycles. The maximum Gasteiger partial charge on any atom is 0.224 e. The summed E-state index contributed by atoms with van der Waals surface area (Å²) in [7, 11) is 1.63. The van der Waals surface area contributed by atoms with E-state index in [0.29, 0.717) is 12.3 Å². The molecule has 0 heterocycles. The number of hydrogen-bond donors (Lipinski definition) is 1. The van der Waals surface area contributed by atoms with Crippen LogP contribution in [0.4, 0.5) is 5.69 Å². The summed E-state index contributed by atoms with van der Waals surface area (Å²) in [4.78, 5) is 12.2. The Morgan fingerprint density at radius 1 is 1.40 bits per heavy atom. The predicted octanol–water partition coefficient (Wildman–Crippen LogP) is 4.22. The summed E-state index contributed by atoms with van der Waals surface area (Å²) in [6, 6.07) is 5.62. The van der Waals surface area contributed by atoms with E-state index in [0.717, 1.165) is 27.7 Å². The zero-order valence-electron chi connectivity index (χ0n) is 11.7. The third-order valence-corrected chi connectivity index (χ3v) is 5.47. The average Bonchev–Trinajstić information content (AvgIpc) is 3.03. The Morgan fingerprint density at radius 2 is 2.25 bits per heavy atom. The van der Waals surface area contributed by atoms with Gasteiger partial charge in [0.15, 0.2) is 0 Å². The number of halogens is 1. The van der Waals surface area contributed by atoms with Gasteiger partial charge in [0.1, 0.15) is 5.75 Å². The van der Waals surface area contributed by atoms with Crippen LogP contribution in [0, 0.1) is 17.8 Å². The van der Waals surface area contributed by atoms with Gasteiger partial charge in [0.05, 0.1) is 12.8 Å². The highest BCUT2D eigenvalue weighted by Gasteiger charge is 2.40. The highest BCUT2D eigenvalue weighted by atomic mass is 79.9. The Bertz CT molecular complexity index is 517. The standard InChI is InChI=1S/C16H20BrNO2/c1-20-13-4-5-14(17)15(9-13)18-16(19)8-12-7-10-2-3-11(12)6-10/h4-5,9-12H,2-3,6-8H2,1H3,(H,18,19). The van der Waals surface area contributed by atoms with Crippen LogP contribution in [0.1, 0.15) is 32.1 Å². The quantitative estimate of drug-likeness (QED) is 0.893. The smallest absolute Gasteiger partial charge is 0.224 e. The molecule has 0 saturated heterocycles. The summed E-state index contributed by atoms with van der Waals surface area (Å²) in [5.41, 5.74) is 0.789. The van der Waals surface area contributed by atoms with Gasteiger partial charge in [0, 0.05) is 17.0 Å². The molecule has 20 heavy (non-hydrogen) atoms. The van der Waals surface area contributed by atoms with Crippen LogP contribution in [0.2, 0.25) is 0 Å². The molecule has 2 aliphatic rings. The average molecular weight is 338 g/mol. The van der Waals surface area contributed by atoms with Crippen molar-refractivity contribution in [1.29, 1.82) is 0 Å². The van der Waals surface area contributed by atoms with E-state index in [9.17, 15) is 4.79 Å². The van der Waals surface area contributed by atoms with Crippen molar-refractivity contribution in [2.45, 2.75) is 32.1 Å². The van der Waals surface area contributed by atoms with E-state index in [4.69, 9.17) is 4.74 Å². The summed E-state index contributed by atoms with van der Waals surface area (Å²) in [6.07, 6.45) is 5.96. The van der Waals surface area contributed by atoms with E-state index in [2.05, 4.69) is 21.2 Å². The zero-order chi connectivity index (χ0) is 14.1. The SMILES string of the molecule is COc1ccc(Br)c(NC(=O)CC2CC3CCC2C3)c1. The number of methoxy groups -OCH3 is 1. The lowest BCUT2D eigenvalue weighted by Crippen LogP contribution is -2.20. The van der Waals surface area contributed by atoms with Gasteiger partial charge in [0.25, 0.3) is 0 Å². The molecule has 3 nitrogen and oxygen atoms in total. The number of hydrogen-bond acceptors (Lipinski definition) is 2. The summed E-state index contributed by atoms with van der Waals surface area (Å²) in [5, 5.41) is 3.01. The Labute approximate surface area is 128 Å². The minimum absolute atomic E-state index is 0.122. The van der Waals surface area contributed by atoms with E-state index in [1.54, 1.807) is 7.11 Å². The number of nitrogens with one attached hydrogen (secondary N) is 1. The van der Waals surface area contributed by atoms with E-state index in [1.165, 1.54) is 25.7 Å². The first-order valence-corrected chi connectivity index (χ1v) is 8.08. The number of anilines is 1. The first-order chi connectivity index (χ1) is 9.65. The molecule has 108 valence electrons. The fourth-order valence-corrected chi connectivity index (χ4v) is 4.14. The van der Waals surface area contributed by atoms with E-state index in [1.807, 2.05) is 18.2 Å². The molecule has 2 saturated carbocycles. The van der Waals surface area contributed by atoms with Crippen molar-refractivity contribution >= 4 is 27.5 Å². The predicted molar refractivity (Wildman–Crippen MR) is 82.9 cm³/mol. The number of rotatable bonds is 4. The van der Waals surface area contributed by atoms with Crippen molar-refractivity contribution in [3.63, 3.8) is 0 Å². The molecule has 3 atom stereocenters. The van der Waals surface area contributed by atoms with Crippen LogP contribution in [0.3, 0.4) is 0 Å². The highest BCUT2D eigenvalue weighted by molar-refractivity contribution is 9.10. The number of benzene rings is 1. The summed E-state index contributed by atoms with van der Waals surface area (Å²) in [5.74, 6) is 3.15. The third kappa shape index (κ3) is 2.85. The number of carbonyl (C=O) groups is 1. The van der Waals surface area contributed by atoms with Crippen LogP contribution < -0.4 is 10.1 Å². The number of amides is 1. The molecule has 1 aromatic rings. The number of fused-ring (bicyclic) bond motifs is 2. The van der Waals surface area contributed by atoms with Gasteiger partial charge in [0.2, 0.25) is 5.91 Å². The molecule has 3 rings (SSSR count). The van der Waals surface area contributed by atoms with E-state index in [-0.39, 0.29) is 5.91 Å². The van der Waals surface area contributed by atoms with Gasteiger partial charge in [-0.1, -0.05) is 6.42 Å². The van der Waals surface area contributed by atoms with Crippen LogP contribution in [-0.2, 0) is 4.79 Å². The van der Waals surface area contributed by atoms with Gasteiger partial charge in [-0.25, -0.2) is 0 Å². The maximum atomic E-state index is 12.2. The molecule has 0 aromatic heterocycles. The van der Waals surface area contributed by atoms with Crippen LogP contribution in [-0.4, -0.2) is 13.0 Å². The third-order valence-electron chi connectivity index (χ3n) is 4.78. The summed E-state index contributed by atoms with van der Waals surface area (Å²) in [6.45, 7) is 0. The molecule has 3 unspecified atom stereocenters. The zero-order valence-corrected chi connectivity index (χ0v) is 13.3. The molecule has 0 radical (unpaired) electrons. The normalized spacial score (nSPS) is 27.6. The molecular weight excluding hydrogens is 318 g/mol. The second-order valence-electron chi connectivity index (χ2n) is 6.03. The fraction of sp³-hybridized carbons (Fsp3) is 0.562. The minimum Gasteiger partial charge on any atom is -0.497 e. The first-order valence-electron chi connectivity index (χ1n) is 7.29. The second kappa shape index (κ2) is 5.76. The van der Waals surface area contributed by atoms with Gasteiger partial charge < -0.3 is 10.1 Å². The van der Waals surface area contributed by atoms with Crippen LogP contribution >= 0.6 is 15.9 Å². The Hall–Kier alpha value is -1.03. The molecule has 1 N–H and O–H groups in total. The molecule has 0 spiro atoms. The molecular formula is C16H20BrNO2. The van der Waals surface area contributed by atoms with Gasteiger partial charge in [-0.05, 0) is 65.1 Å². The lowest BCUT2D eigenvalue weighted by Gasteiger charge is -2.21. The minimum atomic E-state index is 0.122. The molecule has 0 aliphatic heterocycles. The second-order valence-corrected chi connectivity index (χ2v) is 6.89. The summed E-state index contributed by atoms with van der Waals surface area (Å²) >= 11 is 3.46. The van der Waals surface area contributed by atoms with Crippen molar-refractivity contribution in [3.05, 3.63) is 22.7 Å². The lowest BCUT2D eigenvalue weighted by atomic mass is 9.86. The fourth-order valence-electron chi connectivity index (χ4n) is 3.79. The molecule has 1 amide bonds. The van der Waals surface area contributed by atoms with Crippen molar-refractivity contribution in [2.24, 2.45) is 17.8 Å². The Balaban J connectivity index is 1.61. The van der Waals surface area contributed by atoms with Gasteiger partial charge in [-0.2, -0.15) is 0 Å². The topological polar surface area (TPSA) is 38.3 Å². The first kappa shape index (κ1) is 13.9. The maximum absolute atomic E-state index is 12.2. The van der Waals surface area contributed by atoms with Crippen molar-refractivity contribution in [2.75, 3.05) is 12.4 Å². The van der Waals surface area contributed by atoms with Gasteiger partial charge in [-0.3, -0.25) is 4.79 Å². The van der Waals surface area contributed by atoms with Crippen LogP contribution in [0.5, 0.6) is 5.75 Å². The van der Waals surface area contributed by atoms with Crippen LogP contribution in [0.15, 0.2) is 22.7 Å². The van der Waals surface area contributed by atoms with Gasteiger partial charge in [-0.15, -0.1) is 0 Å². The number of ether oxygens (including phenoxy) is 1.